The Kier molecular flexibility index (Phi) is 5.35. The molecule has 0 fully saturated rings. The molecule has 3 aromatic rings. The Morgan fingerprint density at radius 3 is 2.40 bits per heavy atom. The first-order chi connectivity index (χ1) is 9.25. The first-order valence-corrected chi connectivity index (χ1v) is 6.89. The number of hydrogen-bond donors (Lipinski definition) is 0. The van der Waals surface area contributed by atoms with Gasteiger partial charge in [-0.2, -0.15) is 5.10 Å². The maximum Gasteiger partial charge on any atom is 1.00 e. The molecular weight excluding hydrogens is 345 g/mol. The van der Waals surface area contributed by atoms with Gasteiger partial charge in [-0.05, 0) is 24.3 Å². The van der Waals surface area contributed by atoms with E-state index < -0.39 is 0 Å². The molecule has 1 aromatic heterocycles. The van der Waals surface area contributed by atoms with Crippen molar-refractivity contribution in [1.82, 2.24) is 14.8 Å². The third-order valence-electron chi connectivity index (χ3n) is 2.73. The second-order valence-electron chi connectivity index (χ2n) is 3.99. The van der Waals surface area contributed by atoms with Crippen LogP contribution in [0.1, 0.15) is 0 Å². The predicted molar refractivity (Wildman–Crippen MR) is 80.1 cm³/mol. The molecule has 3 rings (SSSR count). The van der Waals surface area contributed by atoms with Crippen LogP contribution >= 0.6 is 15.9 Å². The molecule has 2 aromatic carbocycles. The van der Waals surface area contributed by atoms with Gasteiger partial charge in [0.2, 0.25) is 0 Å². The Labute approximate surface area is 153 Å². The Balaban J connectivity index is 0.00000147. The molecule has 0 bridgehead atoms. The Bertz CT molecular complexity index is 715. The van der Waals surface area contributed by atoms with Crippen molar-refractivity contribution in [3.63, 3.8) is 0 Å². The molecule has 0 saturated heterocycles. The summed E-state index contributed by atoms with van der Waals surface area (Å²) in [6, 6.07) is 17.8. The Hall–Kier alpha value is -0.720. The second kappa shape index (κ2) is 6.83. The topological polar surface area (TPSA) is 30.7 Å². The van der Waals surface area contributed by atoms with E-state index in [1.807, 2.05) is 59.2 Å². The van der Waals surface area contributed by atoms with E-state index in [1.54, 1.807) is 0 Å². The molecule has 0 atom stereocenters. The van der Waals surface area contributed by atoms with Crippen LogP contribution in [0.2, 0.25) is 0 Å². The van der Waals surface area contributed by atoms with Gasteiger partial charge in [-0.15, -0.1) is 5.10 Å². The molecule has 0 amide bonds. The maximum atomic E-state index is 5.27. The van der Waals surface area contributed by atoms with Crippen LogP contribution in [0.25, 0.3) is 17.1 Å². The van der Waals surface area contributed by atoms with Gasteiger partial charge < -0.3 is 12.6 Å². The van der Waals surface area contributed by atoms with E-state index in [9.17, 15) is 0 Å². The molecule has 0 N–H and O–H groups in total. The van der Waals surface area contributed by atoms with Gasteiger partial charge in [-0.1, -0.05) is 46.3 Å². The van der Waals surface area contributed by atoms with E-state index >= 15 is 0 Å². The third-order valence-corrected chi connectivity index (χ3v) is 3.49. The quantitative estimate of drug-likeness (QED) is 0.499. The van der Waals surface area contributed by atoms with Crippen molar-refractivity contribution in [3.05, 3.63) is 59.1 Å². The fourth-order valence-corrected chi connectivity index (χ4v) is 2.53. The van der Waals surface area contributed by atoms with Crippen LogP contribution in [0, 0.1) is 0 Å². The average molecular weight is 354 g/mol. The molecule has 94 valence electrons. The van der Waals surface area contributed by atoms with Crippen molar-refractivity contribution in [3.8, 4) is 17.1 Å². The number of rotatable bonds is 2. The average Bonchev–Trinajstić information content (AvgIpc) is 2.82. The van der Waals surface area contributed by atoms with E-state index in [0.717, 1.165) is 21.5 Å². The zero-order chi connectivity index (χ0) is 13.2. The van der Waals surface area contributed by atoms with Gasteiger partial charge in [-0.3, -0.25) is 4.57 Å². The maximum absolute atomic E-state index is 5.27. The minimum absolute atomic E-state index is 0. The van der Waals surface area contributed by atoms with E-state index in [-0.39, 0.29) is 29.6 Å². The summed E-state index contributed by atoms with van der Waals surface area (Å²) < 4.78 is 2.87. The van der Waals surface area contributed by atoms with Crippen LogP contribution < -0.4 is 29.6 Å². The van der Waals surface area contributed by atoms with Gasteiger partial charge in [0.25, 0.3) is 0 Å². The van der Waals surface area contributed by atoms with Crippen molar-refractivity contribution in [2.75, 3.05) is 0 Å². The molecule has 20 heavy (non-hydrogen) atoms. The molecule has 0 aliphatic rings. The fourth-order valence-electron chi connectivity index (χ4n) is 1.89. The number of nitrogens with zero attached hydrogens (tertiary/aromatic N) is 3. The number of aromatic nitrogens is 3. The summed E-state index contributed by atoms with van der Waals surface area (Å²) in [5.74, 6) is 0.748. The monoisotopic (exact) mass is 353 g/mol. The normalized spacial score (nSPS) is 10.1. The molecule has 0 aliphatic carbocycles. The van der Waals surface area contributed by atoms with Crippen molar-refractivity contribution in [1.29, 1.82) is 0 Å². The first-order valence-electron chi connectivity index (χ1n) is 5.69. The van der Waals surface area contributed by atoms with Gasteiger partial charge in [0, 0.05) is 20.9 Å². The summed E-state index contributed by atoms with van der Waals surface area (Å²) >= 11 is 8.73. The predicted octanol–water partition coefficient (Wildman–Crippen LogP) is 0.607. The molecular formula is C14H9BrN3NaS. The number of para-hydroxylation sites is 1. The fraction of sp³-hybridized carbons (Fsp3) is 0. The molecule has 1 heterocycles. The summed E-state index contributed by atoms with van der Waals surface area (Å²) in [5, 5.41) is 8.66. The SMILES string of the molecule is [Na+].[S-]c1nnc(-c2cccc(Br)c2)n1-c1ccccc1. The molecule has 0 radical (unpaired) electrons. The zero-order valence-corrected chi connectivity index (χ0v) is 15.2. The van der Waals surface area contributed by atoms with Gasteiger partial charge in [0.15, 0.2) is 5.82 Å². The number of hydrogen-bond acceptors (Lipinski definition) is 3. The summed E-state index contributed by atoms with van der Waals surface area (Å²) in [4.78, 5) is 0. The minimum atomic E-state index is 0. The van der Waals surface area contributed by atoms with Crippen LogP contribution in [0.5, 0.6) is 0 Å². The van der Waals surface area contributed by atoms with E-state index in [0.29, 0.717) is 5.16 Å². The van der Waals surface area contributed by atoms with Gasteiger partial charge in [0.05, 0.1) is 0 Å². The summed E-state index contributed by atoms with van der Waals surface area (Å²) in [7, 11) is 0. The molecule has 3 nitrogen and oxygen atoms in total. The number of halogens is 1. The summed E-state index contributed by atoms with van der Waals surface area (Å²) in [6.07, 6.45) is 0. The third kappa shape index (κ3) is 3.13. The second-order valence-corrected chi connectivity index (χ2v) is 5.27. The van der Waals surface area contributed by atoms with Crippen molar-refractivity contribution in [2.24, 2.45) is 0 Å². The van der Waals surface area contributed by atoms with E-state index in [1.165, 1.54) is 0 Å². The molecule has 0 aliphatic heterocycles. The van der Waals surface area contributed by atoms with E-state index in [2.05, 4.69) is 26.1 Å². The van der Waals surface area contributed by atoms with Crippen molar-refractivity contribution < 1.29 is 29.6 Å². The molecule has 6 heteroatoms. The van der Waals surface area contributed by atoms with Crippen LogP contribution in [-0.4, -0.2) is 14.8 Å². The minimum Gasteiger partial charge on any atom is -0.740 e. The van der Waals surface area contributed by atoms with Crippen LogP contribution in [-0.2, 0) is 12.6 Å². The summed E-state index contributed by atoms with van der Waals surface area (Å²) in [6.45, 7) is 0. The van der Waals surface area contributed by atoms with Crippen molar-refractivity contribution >= 4 is 28.6 Å². The van der Waals surface area contributed by atoms with Crippen LogP contribution in [0.4, 0.5) is 0 Å². The smallest absolute Gasteiger partial charge is 0.740 e. The zero-order valence-electron chi connectivity index (χ0n) is 10.8. The van der Waals surface area contributed by atoms with Crippen molar-refractivity contribution in [2.45, 2.75) is 5.16 Å². The number of benzene rings is 2. The van der Waals surface area contributed by atoms with Crippen LogP contribution in [0.3, 0.4) is 0 Å². The van der Waals surface area contributed by atoms with Gasteiger partial charge in [-0.25, -0.2) is 0 Å². The molecule has 0 spiro atoms. The van der Waals surface area contributed by atoms with Crippen LogP contribution in [0.15, 0.2) is 64.2 Å². The first kappa shape index (κ1) is 15.7. The standard InChI is InChI=1S/C14H10BrN3S.Na/c15-11-6-4-5-10(9-11)13-16-17-14(19)18(13)12-7-2-1-3-8-12;/h1-9H,(H,17,19);/q;+1/p-1. The van der Waals surface area contributed by atoms with Gasteiger partial charge in [0.1, 0.15) is 0 Å². The molecule has 0 unspecified atom stereocenters. The largest absolute Gasteiger partial charge is 1.00 e. The van der Waals surface area contributed by atoms with E-state index in [4.69, 9.17) is 12.6 Å². The molecule has 0 saturated carbocycles. The summed E-state index contributed by atoms with van der Waals surface area (Å²) in [5.41, 5.74) is 1.94. The Morgan fingerprint density at radius 1 is 0.950 bits per heavy atom. The van der Waals surface area contributed by atoms with Gasteiger partial charge >= 0.3 is 29.6 Å². The Morgan fingerprint density at radius 2 is 1.70 bits per heavy atom.